The lowest BCUT2D eigenvalue weighted by Crippen LogP contribution is -2.37. The van der Waals surface area contributed by atoms with E-state index in [1.165, 1.54) is 0 Å². The molecule has 0 spiro atoms. The lowest BCUT2D eigenvalue weighted by molar-refractivity contribution is -0.117. The number of aliphatic hydroxyl groups excluding tert-OH is 1. The number of allylic oxidation sites excluding steroid dienone is 2. The molecule has 1 aromatic rings. The highest BCUT2D eigenvalue weighted by Crippen LogP contribution is 2.24. The van der Waals surface area contributed by atoms with E-state index in [1.807, 2.05) is 51.2 Å². The highest BCUT2D eigenvalue weighted by atomic mass is 16.3. The minimum Gasteiger partial charge on any atom is -0.394 e. The Hall–Kier alpha value is -3.27. The number of aliphatic hydroxyl groups is 1. The van der Waals surface area contributed by atoms with Crippen LogP contribution < -0.4 is 26.8 Å². The molecule has 1 atom stereocenters. The van der Waals surface area contributed by atoms with Gasteiger partial charge in [-0.25, -0.2) is 4.98 Å². The van der Waals surface area contributed by atoms with Gasteiger partial charge in [-0.2, -0.15) is 0 Å². The number of amides is 1. The zero-order chi connectivity index (χ0) is 23.5. The number of aryl methyl sites for hydroxylation is 1. The lowest BCUT2D eigenvalue weighted by atomic mass is 10.0. The van der Waals surface area contributed by atoms with E-state index in [0.717, 1.165) is 47.5 Å². The maximum atomic E-state index is 12.6. The molecule has 1 amide bonds. The molecule has 172 valence electrons. The fraction of sp³-hybridized carbons (Fsp3) is 0.348. The predicted octanol–water partition coefficient (Wildman–Crippen LogP) is 1.63. The van der Waals surface area contributed by atoms with Gasteiger partial charge in [-0.15, -0.1) is 0 Å². The van der Waals surface area contributed by atoms with E-state index in [0.29, 0.717) is 5.70 Å². The van der Waals surface area contributed by atoms with Crippen molar-refractivity contribution in [1.82, 2.24) is 26.5 Å². The number of carbonyl (C=O) groups excluding carboxylic acids is 1. The number of dihydropyridines is 1. The third-order valence-electron chi connectivity index (χ3n) is 4.79. The highest BCUT2D eigenvalue weighted by Gasteiger charge is 2.18. The summed E-state index contributed by atoms with van der Waals surface area (Å²) in [6, 6.07) is 5.37. The summed E-state index contributed by atoms with van der Waals surface area (Å²) in [5, 5.41) is 26.1. The molecule has 0 saturated carbocycles. The van der Waals surface area contributed by atoms with Crippen molar-refractivity contribution >= 4 is 17.9 Å². The van der Waals surface area contributed by atoms with Gasteiger partial charge in [0.05, 0.1) is 17.9 Å². The Bertz CT molecular complexity index is 947. The first-order chi connectivity index (χ1) is 15.4. The summed E-state index contributed by atoms with van der Waals surface area (Å²) in [5.41, 5.74) is 10.4. The quantitative estimate of drug-likeness (QED) is 0.121. The number of pyridine rings is 1. The molecule has 2 heterocycles. The molecule has 32 heavy (non-hydrogen) atoms. The smallest absolute Gasteiger partial charge is 0.255 e. The van der Waals surface area contributed by atoms with Gasteiger partial charge in [0.1, 0.15) is 5.82 Å². The van der Waals surface area contributed by atoms with Gasteiger partial charge < -0.3 is 26.5 Å². The predicted molar refractivity (Wildman–Crippen MR) is 128 cm³/mol. The SMILES string of the molecule is CNNCC/C(C)=C(/Nc1cccc(C)n1)C1=C/C(=C(/C=N)C(=O)NC(C)CO)NC=C1. The van der Waals surface area contributed by atoms with Crippen LogP contribution in [0.5, 0.6) is 0 Å². The molecule has 2 rings (SSSR count). The fourth-order valence-corrected chi connectivity index (χ4v) is 3.06. The molecule has 9 heteroatoms. The topological polar surface area (TPSA) is 134 Å². The second kappa shape index (κ2) is 12.6. The van der Waals surface area contributed by atoms with Crippen LogP contribution in [-0.4, -0.2) is 48.5 Å². The first-order valence-corrected chi connectivity index (χ1v) is 10.5. The first kappa shape index (κ1) is 25.0. The van der Waals surface area contributed by atoms with Crippen LogP contribution in [0.15, 0.2) is 64.7 Å². The van der Waals surface area contributed by atoms with Gasteiger partial charge in [-0.05, 0) is 64.1 Å². The minimum atomic E-state index is -0.427. The van der Waals surface area contributed by atoms with Crippen LogP contribution in [0.4, 0.5) is 5.82 Å². The van der Waals surface area contributed by atoms with Crippen LogP contribution in [0.25, 0.3) is 0 Å². The summed E-state index contributed by atoms with van der Waals surface area (Å²) in [4.78, 5) is 17.1. The maximum Gasteiger partial charge on any atom is 0.255 e. The van der Waals surface area contributed by atoms with Crippen LogP contribution in [0, 0.1) is 12.3 Å². The lowest BCUT2D eigenvalue weighted by Gasteiger charge is -2.21. The van der Waals surface area contributed by atoms with Gasteiger partial charge in [0.25, 0.3) is 5.91 Å². The monoisotopic (exact) mass is 439 g/mol. The van der Waals surface area contributed by atoms with E-state index in [2.05, 4.69) is 31.8 Å². The number of hydrogen-bond donors (Lipinski definition) is 7. The van der Waals surface area contributed by atoms with Gasteiger partial charge >= 0.3 is 0 Å². The molecule has 0 saturated heterocycles. The van der Waals surface area contributed by atoms with E-state index in [-0.39, 0.29) is 12.2 Å². The molecular weight excluding hydrogens is 406 g/mol. The van der Waals surface area contributed by atoms with Gasteiger partial charge in [0.2, 0.25) is 0 Å². The molecule has 1 unspecified atom stereocenters. The molecule has 0 aromatic carbocycles. The molecule has 0 fully saturated rings. The normalized spacial score (nSPS) is 16.3. The van der Waals surface area contributed by atoms with Crippen molar-refractivity contribution in [2.45, 2.75) is 33.2 Å². The zero-order valence-electron chi connectivity index (χ0n) is 19.0. The number of rotatable bonds is 11. The summed E-state index contributed by atoms with van der Waals surface area (Å²) in [6.07, 6.45) is 7.26. The summed E-state index contributed by atoms with van der Waals surface area (Å²) in [7, 11) is 1.82. The Labute approximate surface area is 189 Å². The number of aromatic nitrogens is 1. The summed E-state index contributed by atoms with van der Waals surface area (Å²) < 4.78 is 0. The average Bonchev–Trinajstić information content (AvgIpc) is 2.78. The van der Waals surface area contributed by atoms with E-state index < -0.39 is 11.9 Å². The van der Waals surface area contributed by atoms with Gasteiger partial charge in [-0.3, -0.25) is 15.6 Å². The second-order valence-corrected chi connectivity index (χ2v) is 7.48. The third-order valence-corrected chi connectivity index (χ3v) is 4.79. The van der Waals surface area contributed by atoms with Crippen molar-refractivity contribution in [1.29, 1.82) is 5.41 Å². The number of carbonyl (C=O) groups is 1. The van der Waals surface area contributed by atoms with Crippen LogP contribution in [0.2, 0.25) is 0 Å². The highest BCUT2D eigenvalue weighted by molar-refractivity contribution is 6.12. The third kappa shape index (κ3) is 7.16. The van der Waals surface area contributed by atoms with Gasteiger partial charge in [-0.1, -0.05) is 6.07 Å². The first-order valence-electron chi connectivity index (χ1n) is 10.5. The zero-order valence-corrected chi connectivity index (χ0v) is 19.0. The van der Waals surface area contributed by atoms with Crippen molar-refractivity contribution in [2.75, 3.05) is 25.5 Å². The largest absolute Gasteiger partial charge is 0.394 e. The molecule has 1 aliphatic rings. The van der Waals surface area contributed by atoms with Gasteiger partial charge in [0, 0.05) is 42.0 Å². The Morgan fingerprint density at radius 3 is 2.81 bits per heavy atom. The molecule has 1 aliphatic heterocycles. The Kier molecular flexibility index (Phi) is 9.80. The molecule has 1 aromatic heterocycles. The molecule has 0 bridgehead atoms. The number of nitrogens with zero attached hydrogens (tertiary/aromatic N) is 1. The molecule has 0 radical (unpaired) electrons. The Balaban J connectivity index is 2.45. The average molecular weight is 440 g/mol. The fourth-order valence-electron chi connectivity index (χ4n) is 3.06. The maximum absolute atomic E-state index is 12.6. The molecular formula is C23H33N7O2. The molecule has 7 N–H and O–H groups in total. The van der Waals surface area contributed by atoms with Crippen molar-refractivity contribution in [3.8, 4) is 0 Å². The van der Waals surface area contributed by atoms with Crippen LogP contribution >= 0.6 is 0 Å². The number of anilines is 1. The number of hydrazine groups is 1. The van der Waals surface area contributed by atoms with Crippen molar-refractivity contribution in [2.24, 2.45) is 0 Å². The summed E-state index contributed by atoms with van der Waals surface area (Å²) in [5.74, 6) is 0.296. The second-order valence-electron chi connectivity index (χ2n) is 7.48. The van der Waals surface area contributed by atoms with Crippen LogP contribution in [0.1, 0.15) is 26.0 Å². The van der Waals surface area contributed by atoms with E-state index in [1.54, 1.807) is 13.1 Å². The minimum absolute atomic E-state index is 0.176. The van der Waals surface area contributed by atoms with Crippen LogP contribution in [0.3, 0.4) is 0 Å². The van der Waals surface area contributed by atoms with E-state index in [4.69, 9.17) is 5.41 Å². The van der Waals surface area contributed by atoms with Crippen LogP contribution in [-0.2, 0) is 4.79 Å². The van der Waals surface area contributed by atoms with E-state index >= 15 is 0 Å². The van der Waals surface area contributed by atoms with Crippen molar-refractivity contribution in [3.05, 3.63) is 70.4 Å². The van der Waals surface area contributed by atoms with Gasteiger partial charge in [0.15, 0.2) is 0 Å². The number of nitrogens with one attached hydrogen (secondary N) is 6. The van der Waals surface area contributed by atoms with E-state index in [9.17, 15) is 9.90 Å². The van der Waals surface area contributed by atoms with Crippen molar-refractivity contribution in [3.63, 3.8) is 0 Å². The summed E-state index contributed by atoms with van der Waals surface area (Å²) >= 11 is 0. The molecule has 0 aliphatic carbocycles. The Morgan fingerprint density at radius 1 is 1.38 bits per heavy atom. The van der Waals surface area contributed by atoms with Crippen molar-refractivity contribution < 1.29 is 9.90 Å². The molecule has 9 nitrogen and oxygen atoms in total. The number of hydrogen-bond acceptors (Lipinski definition) is 8. The summed E-state index contributed by atoms with van der Waals surface area (Å²) in [6.45, 7) is 6.23. The standard InChI is InChI=1S/C23H33N7O2/c1-15(8-11-27-25-4)22(30-21-7-5-6-16(2)28-21)18-9-10-26-20(12-18)19(13-24)23(32)29-17(3)14-31/h5-7,9-10,12-13,17,24-27,31H,8,11,14H2,1-4H3,(H,28,30)(H,29,32)/b20-19+,22-15+,24-13?. The Morgan fingerprint density at radius 2 is 2.16 bits per heavy atom.